The van der Waals surface area contributed by atoms with Crippen molar-refractivity contribution < 1.29 is 4.79 Å². The van der Waals surface area contributed by atoms with Crippen molar-refractivity contribution in [3.05, 3.63) is 29.6 Å². The van der Waals surface area contributed by atoms with Crippen molar-refractivity contribution in [1.29, 1.82) is 5.26 Å². The zero-order chi connectivity index (χ0) is 12.7. The number of rotatable bonds is 5. The van der Waals surface area contributed by atoms with E-state index < -0.39 is 0 Å². The van der Waals surface area contributed by atoms with Crippen LogP contribution in [0.15, 0.2) is 18.3 Å². The van der Waals surface area contributed by atoms with Crippen LogP contribution in [0.1, 0.15) is 25.1 Å². The summed E-state index contributed by atoms with van der Waals surface area (Å²) in [6, 6.07) is 5.74. The summed E-state index contributed by atoms with van der Waals surface area (Å²) >= 11 is 0. The molecule has 0 aliphatic rings. The van der Waals surface area contributed by atoms with Gasteiger partial charge in [0.1, 0.15) is 11.8 Å². The highest BCUT2D eigenvalue weighted by atomic mass is 16.1. The Bertz CT molecular complexity index is 423. The molecule has 0 atom stereocenters. The number of amides is 1. The Morgan fingerprint density at radius 2 is 2.35 bits per heavy atom. The van der Waals surface area contributed by atoms with Gasteiger partial charge in [0.2, 0.25) is 5.91 Å². The molecule has 0 radical (unpaired) electrons. The van der Waals surface area contributed by atoms with Crippen molar-refractivity contribution in [2.45, 2.75) is 26.4 Å². The van der Waals surface area contributed by atoms with E-state index in [1.807, 2.05) is 26.0 Å². The summed E-state index contributed by atoms with van der Waals surface area (Å²) in [5.74, 6) is -0.0533. The molecule has 0 bridgehead atoms. The molecule has 0 aliphatic carbocycles. The van der Waals surface area contributed by atoms with Gasteiger partial charge in [-0.1, -0.05) is 6.07 Å². The van der Waals surface area contributed by atoms with Crippen molar-refractivity contribution in [3.8, 4) is 6.07 Å². The maximum atomic E-state index is 11.3. The minimum Gasteiger partial charge on any atom is -0.353 e. The molecule has 90 valence electrons. The normalized spacial score (nSPS) is 10.0. The summed E-state index contributed by atoms with van der Waals surface area (Å²) in [7, 11) is 0. The van der Waals surface area contributed by atoms with E-state index >= 15 is 0 Å². The average Bonchev–Trinajstić information content (AvgIpc) is 2.28. The third kappa shape index (κ3) is 4.62. The zero-order valence-electron chi connectivity index (χ0n) is 10.0. The number of hydrogen-bond donors (Lipinski definition) is 2. The second-order valence-electron chi connectivity index (χ2n) is 3.95. The first-order chi connectivity index (χ1) is 8.13. The summed E-state index contributed by atoms with van der Waals surface area (Å²) in [5.41, 5.74) is 1.19. The van der Waals surface area contributed by atoms with Gasteiger partial charge in [-0.3, -0.25) is 4.79 Å². The maximum absolute atomic E-state index is 11.3. The smallest absolute Gasteiger partial charge is 0.234 e. The number of nitrogens with one attached hydrogen (secondary N) is 2. The highest BCUT2D eigenvalue weighted by Gasteiger charge is 2.04. The number of nitrogens with zero attached hydrogens (tertiary/aromatic N) is 2. The Hall–Kier alpha value is -1.93. The van der Waals surface area contributed by atoms with Gasteiger partial charge in [0.25, 0.3) is 0 Å². The number of hydrogen-bond acceptors (Lipinski definition) is 4. The lowest BCUT2D eigenvalue weighted by Gasteiger charge is -2.09. The first-order valence-electron chi connectivity index (χ1n) is 5.47. The first kappa shape index (κ1) is 13.1. The lowest BCUT2D eigenvalue weighted by Crippen LogP contribution is -2.37. The standard InChI is InChI=1S/C12H16N4O/c1-9(2)16-12(17)8-14-7-10-4-3-5-15-11(10)6-13/h3-5,9,14H,7-8H2,1-2H3,(H,16,17). The summed E-state index contributed by atoms with van der Waals surface area (Å²) < 4.78 is 0. The Labute approximate surface area is 101 Å². The average molecular weight is 232 g/mol. The topological polar surface area (TPSA) is 77.8 Å². The Balaban J connectivity index is 2.41. The second-order valence-corrected chi connectivity index (χ2v) is 3.95. The molecule has 1 aromatic heterocycles. The largest absolute Gasteiger partial charge is 0.353 e. The molecule has 0 saturated carbocycles. The fraction of sp³-hybridized carbons (Fsp3) is 0.417. The van der Waals surface area contributed by atoms with Crippen molar-refractivity contribution in [2.24, 2.45) is 0 Å². The van der Waals surface area contributed by atoms with Gasteiger partial charge in [-0.15, -0.1) is 0 Å². The number of carbonyl (C=O) groups excluding carboxylic acids is 1. The van der Waals surface area contributed by atoms with E-state index in [0.717, 1.165) is 5.56 Å². The lowest BCUT2D eigenvalue weighted by molar-refractivity contribution is -0.120. The predicted molar refractivity (Wildman–Crippen MR) is 63.9 cm³/mol. The highest BCUT2D eigenvalue weighted by Crippen LogP contribution is 2.02. The van der Waals surface area contributed by atoms with E-state index in [-0.39, 0.29) is 18.5 Å². The van der Waals surface area contributed by atoms with Gasteiger partial charge in [0, 0.05) is 24.3 Å². The van der Waals surface area contributed by atoms with Crippen LogP contribution in [0.25, 0.3) is 0 Å². The number of pyridine rings is 1. The van der Waals surface area contributed by atoms with E-state index in [1.54, 1.807) is 12.3 Å². The number of carbonyl (C=O) groups is 1. The van der Waals surface area contributed by atoms with Crippen molar-refractivity contribution in [2.75, 3.05) is 6.54 Å². The zero-order valence-corrected chi connectivity index (χ0v) is 10.0. The van der Waals surface area contributed by atoms with Crippen LogP contribution in [0.2, 0.25) is 0 Å². The second kappa shape index (κ2) is 6.61. The van der Waals surface area contributed by atoms with Crippen LogP contribution in [-0.2, 0) is 11.3 Å². The minimum absolute atomic E-state index is 0.0533. The number of aromatic nitrogens is 1. The Kier molecular flexibility index (Phi) is 5.11. The molecule has 5 heteroatoms. The molecule has 0 aromatic carbocycles. The molecule has 5 nitrogen and oxygen atoms in total. The molecule has 0 saturated heterocycles. The lowest BCUT2D eigenvalue weighted by atomic mass is 10.2. The van der Waals surface area contributed by atoms with Crippen LogP contribution >= 0.6 is 0 Å². The molecular weight excluding hydrogens is 216 g/mol. The van der Waals surface area contributed by atoms with Crippen LogP contribution in [-0.4, -0.2) is 23.5 Å². The summed E-state index contributed by atoms with van der Waals surface area (Å²) in [6.07, 6.45) is 1.58. The first-order valence-corrected chi connectivity index (χ1v) is 5.47. The molecule has 0 aliphatic heterocycles. The van der Waals surface area contributed by atoms with Crippen LogP contribution in [0.3, 0.4) is 0 Å². The van der Waals surface area contributed by atoms with Crippen molar-refractivity contribution in [3.63, 3.8) is 0 Å². The van der Waals surface area contributed by atoms with Crippen molar-refractivity contribution >= 4 is 5.91 Å². The highest BCUT2D eigenvalue weighted by molar-refractivity contribution is 5.78. The summed E-state index contributed by atoms with van der Waals surface area (Å²) in [5, 5.41) is 14.6. The van der Waals surface area contributed by atoms with Crippen LogP contribution in [0, 0.1) is 11.3 Å². The molecule has 0 spiro atoms. The van der Waals surface area contributed by atoms with E-state index in [2.05, 4.69) is 15.6 Å². The Morgan fingerprint density at radius 3 is 3.00 bits per heavy atom. The van der Waals surface area contributed by atoms with Gasteiger partial charge in [0.15, 0.2) is 0 Å². The number of nitriles is 1. The molecule has 17 heavy (non-hydrogen) atoms. The molecule has 1 rings (SSSR count). The molecule has 0 fully saturated rings. The monoisotopic (exact) mass is 232 g/mol. The Morgan fingerprint density at radius 1 is 1.59 bits per heavy atom. The predicted octanol–water partition coefficient (Wildman–Crippen LogP) is 0.567. The molecule has 1 aromatic rings. The van der Waals surface area contributed by atoms with Crippen molar-refractivity contribution in [1.82, 2.24) is 15.6 Å². The summed E-state index contributed by atoms with van der Waals surface area (Å²) in [6.45, 7) is 4.51. The van der Waals surface area contributed by atoms with E-state index in [4.69, 9.17) is 5.26 Å². The molecule has 2 N–H and O–H groups in total. The third-order valence-electron chi connectivity index (χ3n) is 2.05. The maximum Gasteiger partial charge on any atom is 0.234 e. The quantitative estimate of drug-likeness (QED) is 0.778. The van der Waals surface area contributed by atoms with Gasteiger partial charge in [-0.05, 0) is 19.9 Å². The fourth-order valence-corrected chi connectivity index (χ4v) is 1.37. The van der Waals surface area contributed by atoms with E-state index in [9.17, 15) is 4.79 Å². The molecule has 1 amide bonds. The molecule has 1 heterocycles. The van der Waals surface area contributed by atoms with Crippen LogP contribution < -0.4 is 10.6 Å². The third-order valence-corrected chi connectivity index (χ3v) is 2.05. The van der Waals surface area contributed by atoms with Crippen LogP contribution in [0.4, 0.5) is 0 Å². The van der Waals surface area contributed by atoms with Gasteiger partial charge >= 0.3 is 0 Å². The van der Waals surface area contributed by atoms with E-state index in [0.29, 0.717) is 12.2 Å². The summed E-state index contributed by atoms with van der Waals surface area (Å²) in [4.78, 5) is 15.3. The molecule has 0 unspecified atom stereocenters. The fourth-order valence-electron chi connectivity index (χ4n) is 1.37. The SMILES string of the molecule is CC(C)NC(=O)CNCc1cccnc1C#N. The van der Waals surface area contributed by atoms with Gasteiger partial charge in [-0.2, -0.15) is 5.26 Å². The minimum atomic E-state index is -0.0533. The van der Waals surface area contributed by atoms with Crippen LogP contribution in [0.5, 0.6) is 0 Å². The van der Waals surface area contributed by atoms with Gasteiger partial charge < -0.3 is 10.6 Å². The molecular formula is C12H16N4O. The van der Waals surface area contributed by atoms with Gasteiger partial charge in [0.05, 0.1) is 6.54 Å². The van der Waals surface area contributed by atoms with E-state index in [1.165, 1.54) is 0 Å². The van der Waals surface area contributed by atoms with Gasteiger partial charge in [-0.25, -0.2) is 4.98 Å².